The molecule has 1 amide bonds. The number of rotatable bonds is 6. The highest BCUT2D eigenvalue weighted by atomic mass is 32.1. The molecule has 0 bridgehead atoms. The van der Waals surface area contributed by atoms with E-state index in [9.17, 15) is 9.59 Å². The highest BCUT2D eigenvalue weighted by Crippen LogP contribution is 2.35. The Kier molecular flexibility index (Phi) is 5.17. The molecule has 144 valence electrons. The fraction of sp³-hybridized carbons (Fsp3) is 0.0476. The van der Waals surface area contributed by atoms with Crippen molar-refractivity contribution in [2.24, 2.45) is 0 Å². The maximum Gasteiger partial charge on any atom is 0.322 e. The lowest BCUT2D eigenvalue weighted by Crippen LogP contribution is -2.29. The van der Waals surface area contributed by atoms with Crippen LogP contribution in [0.25, 0.3) is 20.7 Å². The maximum atomic E-state index is 11.9. The van der Waals surface area contributed by atoms with E-state index in [1.807, 2.05) is 18.2 Å². The molecule has 0 saturated heterocycles. The summed E-state index contributed by atoms with van der Waals surface area (Å²) in [5, 5.41) is 15.1. The van der Waals surface area contributed by atoms with Gasteiger partial charge in [0.05, 0.1) is 5.39 Å². The molecule has 0 saturated carbocycles. The topological polar surface area (TPSA) is 104 Å². The summed E-state index contributed by atoms with van der Waals surface area (Å²) in [4.78, 5) is 33.2. The van der Waals surface area contributed by atoms with Crippen LogP contribution in [0.15, 0.2) is 67.0 Å². The van der Waals surface area contributed by atoms with E-state index in [2.05, 4.69) is 38.8 Å². The Morgan fingerprint density at radius 2 is 1.76 bits per heavy atom. The predicted octanol–water partition coefficient (Wildman–Crippen LogP) is 3.92. The van der Waals surface area contributed by atoms with Gasteiger partial charge in [-0.3, -0.25) is 9.59 Å². The molecular formula is C21H16N4O3S. The zero-order chi connectivity index (χ0) is 20.2. The predicted molar refractivity (Wildman–Crippen MR) is 113 cm³/mol. The van der Waals surface area contributed by atoms with E-state index in [0.717, 1.165) is 26.3 Å². The smallest absolute Gasteiger partial charge is 0.322 e. The van der Waals surface area contributed by atoms with Crippen LogP contribution < -0.4 is 10.6 Å². The average Bonchev–Trinajstić information content (AvgIpc) is 3.19. The number of amides is 1. The van der Waals surface area contributed by atoms with Gasteiger partial charge in [0.15, 0.2) is 0 Å². The minimum atomic E-state index is -1.09. The van der Waals surface area contributed by atoms with Crippen molar-refractivity contribution >= 4 is 44.9 Å². The van der Waals surface area contributed by atoms with Gasteiger partial charge >= 0.3 is 5.97 Å². The van der Waals surface area contributed by atoms with Gasteiger partial charge in [0.25, 0.3) is 5.91 Å². The van der Waals surface area contributed by atoms with E-state index in [4.69, 9.17) is 5.11 Å². The first kappa shape index (κ1) is 18.6. The molecule has 0 fully saturated rings. The van der Waals surface area contributed by atoms with E-state index in [-0.39, 0.29) is 0 Å². The Balaban J connectivity index is 1.55. The number of aromatic nitrogens is 2. The summed E-state index contributed by atoms with van der Waals surface area (Å²) in [6.07, 6.45) is 1.52. The number of nitrogens with zero attached hydrogens (tertiary/aromatic N) is 2. The SMILES string of the molecule is O=C(O)CNC(=O)c1ccc(Nc2ncnc3sc(-c4ccccc4)cc23)cc1. The van der Waals surface area contributed by atoms with Gasteiger partial charge in [-0.2, -0.15) is 0 Å². The quantitative estimate of drug-likeness (QED) is 0.450. The van der Waals surface area contributed by atoms with Crippen molar-refractivity contribution in [2.45, 2.75) is 0 Å². The molecule has 0 atom stereocenters. The number of anilines is 2. The van der Waals surface area contributed by atoms with Gasteiger partial charge in [0.1, 0.15) is 23.5 Å². The second kappa shape index (κ2) is 8.07. The molecule has 0 spiro atoms. The van der Waals surface area contributed by atoms with Crippen molar-refractivity contribution in [2.75, 3.05) is 11.9 Å². The van der Waals surface area contributed by atoms with E-state index in [1.165, 1.54) is 6.33 Å². The molecule has 0 radical (unpaired) electrons. The highest BCUT2D eigenvalue weighted by Gasteiger charge is 2.11. The standard InChI is InChI=1S/C21H16N4O3S/c26-18(27)11-22-20(28)14-6-8-15(9-7-14)25-19-16-10-17(13-4-2-1-3-5-13)29-21(16)24-12-23-19/h1-10,12H,11H2,(H,22,28)(H,26,27)(H,23,24,25). The third-order valence-corrected chi connectivity index (χ3v) is 5.29. The molecule has 8 heteroatoms. The lowest BCUT2D eigenvalue weighted by atomic mass is 10.1. The van der Waals surface area contributed by atoms with Crippen LogP contribution in [0.2, 0.25) is 0 Å². The molecule has 3 N–H and O–H groups in total. The third kappa shape index (κ3) is 4.22. The highest BCUT2D eigenvalue weighted by molar-refractivity contribution is 7.21. The van der Waals surface area contributed by atoms with Gasteiger partial charge in [-0.25, -0.2) is 9.97 Å². The second-order valence-corrected chi connectivity index (χ2v) is 7.23. The summed E-state index contributed by atoms with van der Waals surface area (Å²) in [6, 6.07) is 18.9. The number of hydrogen-bond donors (Lipinski definition) is 3. The average molecular weight is 404 g/mol. The molecule has 0 aliphatic rings. The minimum Gasteiger partial charge on any atom is -0.480 e. The molecule has 0 aliphatic heterocycles. The van der Waals surface area contributed by atoms with Crippen molar-refractivity contribution in [1.82, 2.24) is 15.3 Å². The Morgan fingerprint density at radius 1 is 1.00 bits per heavy atom. The Bertz CT molecular complexity index is 1170. The number of fused-ring (bicyclic) bond motifs is 1. The van der Waals surface area contributed by atoms with Crippen molar-refractivity contribution < 1.29 is 14.7 Å². The summed E-state index contributed by atoms with van der Waals surface area (Å²) in [5.41, 5.74) is 2.26. The first-order valence-corrected chi connectivity index (χ1v) is 9.59. The Labute approximate surface area is 170 Å². The number of carbonyl (C=O) groups is 2. The van der Waals surface area contributed by atoms with Crippen LogP contribution in [0.5, 0.6) is 0 Å². The molecule has 2 aromatic heterocycles. The lowest BCUT2D eigenvalue weighted by molar-refractivity contribution is -0.135. The lowest BCUT2D eigenvalue weighted by Gasteiger charge is -2.07. The summed E-state index contributed by atoms with van der Waals surface area (Å²) in [7, 11) is 0. The molecule has 4 rings (SSSR count). The Hall–Kier alpha value is -3.78. The number of aliphatic carboxylic acids is 1. The van der Waals surface area contributed by atoms with Crippen LogP contribution in [0, 0.1) is 0 Å². The van der Waals surface area contributed by atoms with E-state index in [1.54, 1.807) is 35.6 Å². The molecule has 2 heterocycles. The first-order valence-electron chi connectivity index (χ1n) is 8.77. The molecular weight excluding hydrogens is 388 g/mol. The van der Waals surface area contributed by atoms with Crippen LogP contribution in [-0.4, -0.2) is 33.5 Å². The zero-order valence-corrected chi connectivity index (χ0v) is 15.9. The van der Waals surface area contributed by atoms with E-state index >= 15 is 0 Å². The molecule has 29 heavy (non-hydrogen) atoms. The van der Waals surface area contributed by atoms with Crippen LogP contribution in [0.4, 0.5) is 11.5 Å². The molecule has 2 aromatic carbocycles. The van der Waals surface area contributed by atoms with Gasteiger partial charge in [-0.1, -0.05) is 30.3 Å². The van der Waals surface area contributed by atoms with Crippen LogP contribution >= 0.6 is 11.3 Å². The van der Waals surface area contributed by atoms with Crippen molar-refractivity contribution in [3.05, 3.63) is 72.6 Å². The maximum absolute atomic E-state index is 11.9. The van der Waals surface area contributed by atoms with E-state index in [0.29, 0.717) is 11.4 Å². The van der Waals surface area contributed by atoms with Crippen molar-refractivity contribution in [3.63, 3.8) is 0 Å². The molecule has 0 unspecified atom stereocenters. The van der Waals surface area contributed by atoms with Gasteiger partial charge in [0.2, 0.25) is 0 Å². The number of carboxylic acid groups (broad SMARTS) is 1. The normalized spacial score (nSPS) is 10.6. The van der Waals surface area contributed by atoms with Crippen molar-refractivity contribution in [3.8, 4) is 10.4 Å². The van der Waals surface area contributed by atoms with Gasteiger partial charge in [-0.15, -0.1) is 11.3 Å². The van der Waals surface area contributed by atoms with Gasteiger partial charge in [-0.05, 0) is 35.9 Å². The van der Waals surface area contributed by atoms with Crippen LogP contribution in [0.3, 0.4) is 0 Å². The molecule has 7 nitrogen and oxygen atoms in total. The Morgan fingerprint density at radius 3 is 2.48 bits per heavy atom. The second-order valence-electron chi connectivity index (χ2n) is 6.20. The largest absolute Gasteiger partial charge is 0.480 e. The number of nitrogens with one attached hydrogen (secondary N) is 2. The first-order chi connectivity index (χ1) is 14.1. The minimum absolute atomic E-state index is 0.381. The fourth-order valence-corrected chi connectivity index (χ4v) is 3.80. The fourth-order valence-electron chi connectivity index (χ4n) is 2.80. The summed E-state index contributed by atoms with van der Waals surface area (Å²) in [6.45, 7) is -0.417. The number of benzene rings is 2. The van der Waals surface area contributed by atoms with Crippen LogP contribution in [0.1, 0.15) is 10.4 Å². The van der Waals surface area contributed by atoms with E-state index < -0.39 is 18.4 Å². The van der Waals surface area contributed by atoms with Crippen molar-refractivity contribution in [1.29, 1.82) is 0 Å². The van der Waals surface area contributed by atoms with Gasteiger partial charge in [0, 0.05) is 16.1 Å². The monoisotopic (exact) mass is 404 g/mol. The number of thiophene rings is 1. The number of hydrogen-bond acceptors (Lipinski definition) is 6. The molecule has 0 aliphatic carbocycles. The summed E-state index contributed by atoms with van der Waals surface area (Å²) in [5.74, 6) is -0.847. The third-order valence-electron chi connectivity index (χ3n) is 4.20. The zero-order valence-electron chi connectivity index (χ0n) is 15.1. The summed E-state index contributed by atoms with van der Waals surface area (Å²) >= 11 is 1.60. The van der Waals surface area contributed by atoms with Gasteiger partial charge < -0.3 is 15.7 Å². The summed E-state index contributed by atoms with van der Waals surface area (Å²) < 4.78 is 0. The number of carbonyl (C=O) groups excluding carboxylic acids is 1. The van der Waals surface area contributed by atoms with Crippen LogP contribution in [-0.2, 0) is 4.79 Å². The molecule has 4 aromatic rings. The number of carboxylic acids is 1.